The van der Waals surface area contributed by atoms with Crippen LogP contribution in [0.5, 0.6) is 0 Å². The molecule has 0 bridgehead atoms. The lowest BCUT2D eigenvalue weighted by Gasteiger charge is -2.22. The molecule has 1 unspecified atom stereocenters. The second-order valence-corrected chi connectivity index (χ2v) is 4.18. The molecule has 0 saturated carbocycles. The fraction of sp³-hybridized carbons (Fsp3) is 0.357. The van der Waals surface area contributed by atoms with Crippen molar-refractivity contribution in [3.05, 3.63) is 34.9 Å². The number of fused-ring (bicyclic) bond motifs is 1. The molecule has 0 aromatic heterocycles. The molecule has 1 atom stereocenters. The average Bonchev–Trinajstić information content (AvgIpc) is 2.38. The maximum atomic E-state index is 11.9. The lowest BCUT2D eigenvalue weighted by molar-refractivity contribution is -0.148. The SMILES string of the molecule is CCOC(=O)C1C(=O)CCc2cc(C#N)ccc21. The van der Waals surface area contributed by atoms with Gasteiger partial charge in [0.05, 0.1) is 18.2 Å². The van der Waals surface area contributed by atoms with Crippen molar-refractivity contribution in [2.45, 2.75) is 25.7 Å². The van der Waals surface area contributed by atoms with E-state index in [2.05, 4.69) is 6.07 Å². The molecule has 1 aromatic rings. The van der Waals surface area contributed by atoms with Crippen LogP contribution < -0.4 is 0 Å². The van der Waals surface area contributed by atoms with Crippen LogP contribution in [-0.4, -0.2) is 18.4 Å². The topological polar surface area (TPSA) is 67.2 Å². The molecule has 0 N–H and O–H groups in total. The van der Waals surface area contributed by atoms with Crippen LogP contribution in [0.1, 0.15) is 36.0 Å². The molecule has 1 aliphatic carbocycles. The minimum absolute atomic E-state index is 0.106. The van der Waals surface area contributed by atoms with E-state index >= 15 is 0 Å². The van der Waals surface area contributed by atoms with Crippen molar-refractivity contribution in [1.82, 2.24) is 0 Å². The maximum absolute atomic E-state index is 11.9. The summed E-state index contributed by atoms with van der Waals surface area (Å²) in [6.07, 6.45) is 0.908. The van der Waals surface area contributed by atoms with Crippen LogP contribution in [0.3, 0.4) is 0 Å². The first kappa shape index (κ1) is 12.3. The molecular weight excluding hydrogens is 230 g/mol. The highest BCUT2D eigenvalue weighted by Crippen LogP contribution is 2.30. The molecule has 0 radical (unpaired) electrons. The van der Waals surface area contributed by atoms with Crippen LogP contribution in [0.25, 0.3) is 0 Å². The molecule has 0 fully saturated rings. The molecule has 0 aliphatic heterocycles. The summed E-state index contributed by atoms with van der Waals surface area (Å²) in [5.41, 5.74) is 2.13. The number of rotatable bonds is 2. The number of ketones is 1. The standard InChI is InChI=1S/C14H13NO3/c1-2-18-14(17)13-11-5-3-9(8-15)7-10(11)4-6-12(13)16/h3,5,7,13H,2,4,6H2,1H3. The van der Waals surface area contributed by atoms with Crippen LogP contribution in [0, 0.1) is 11.3 Å². The van der Waals surface area contributed by atoms with Gasteiger partial charge in [-0.15, -0.1) is 0 Å². The molecule has 0 saturated heterocycles. The molecule has 1 aliphatic rings. The molecule has 0 spiro atoms. The van der Waals surface area contributed by atoms with E-state index in [-0.39, 0.29) is 12.4 Å². The summed E-state index contributed by atoms with van der Waals surface area (Å²) >= 11 is 0. The van der Waals surface area contributed by atoms with Crippen molar-refractivity contribution in [2.75, 3.05) is 6.61 Å². The van der Waals surface area contributed by atoms with Gasteiger partial charge < -0.3 is 4.74 Å². The molecule has 0 amide bonds. The van der Waals surface area contributed by atoms with E-state index in [9.17, 15) is 9.59 Å². The van der Waals surface area contributed by atoms with E-state index in [1.54, 1.807) is 25.1 Å². The number of aryl methyl sites for hydroxylation is 1. The van der Waals surface area contributed by atoms with Crippen molar-refractivity contribution in [2.24, 2.45) is 0 Å². The minimum Gasteiger partial charge on any atom is -0.465 e. The van der Waals surface area contributed by atoms with Gasteiger partial charge in [-0.3, -0.25) is 9.59 Å². The molecule has 4 nitrogen and oxygen atoms in total. The third-order valence-corrected chi connectivity index (χ3v) is 3.07. The molecule has 18 heavy (non-hydrogen) atoms. The first-order chi connectivity index (χ1) is 8.67. The van der Waals surface area contributed by atoms with Crippen LogP contribution in [0.4, 0.5) is 0 Å². The minimum atomic E-state index is -0.818. The van der Waals surface area contributed by atoms with E-state index in [0.717, 1.165) is 5.56 Å². The van der Waals surface area contributed by atoms with Gasteiger partial charge >= 0.3 is 5.97 Å². The molecular formula is C14H13NO3. The highest BCUT2D eigenvalue weighted by Gasteiger charge is 2.34. The summed E-state index contributed by atoms with van der Waals surface area (Å²) in [7, 11) is 0. The summed E-state index contributed by atoms with van der Waals surface area (Å²) in [4.78, 5) is 23.7. The number of nitriles is 1. The van der Waals surface area contributed by atoms with E-state index in [1.165, 1.54) is 0 Å². The smallest absolute Gasteiger partial charge is 0.321 e. The van der Waals surface area contributed by atoms with Gasteiger partial charge in [0.2, 0.25) is 0 Å². The van der Waals surface area contributed by atoms with Gasteiger partial charge in [0.15, 0.2) is 5.78 Å². The number of ether oxygens (including phenoxy) is 1. The van der Waals surface area contributed by atoms with Crippen molar-refractivity contribution >= 4 is 11.8 Å². The summed E-state index contributed by atoms with van der Waals surface area (Å²) < 4.78 is 4.94. The zero-order valence-corrected chi connectivity index (χ0v) is 10.1. The van der Waals surface area contributed by atoms with Crippen LogP contribution in [-0.2, 0) is 20.7 Å². The maximum Gasteiger partial charge on any atom is 0.321 e. The molecule has 2 rings (SSSR count). The van der Waals surface area contributed by atoms with Gasteiger partial charge in [0.25, 0.3) is 0 Å². The zero-order valence-electron chi connectivity index (χ0n) is 10.1. The zero-order chi connectivity index (χ0) is 13.1. The van der Waals surface area contributed by atoms with Crippen molar-refractivity contribution < 1.29 is 14.3 Å². The normalized spacial score (nSPS) is 17.8. The first-order valence-corrected chi connectivity index (χ1v) is 5.89. The summed E-state index contributed by atoms with van der Waals surface area (Å²) in [5, 5.41) is 8.84. The highest BCUT2D eigenvalue weighted by molar-refractivity contribution is 6.05. The van der Waals surface area contributed by atoms with Gasteiger partial charge in [-0.2, -0.15) is 5.26 Å². The predicted octanol–water partition coefficient (Wildman–Crippen LogP) is 1.72. The quantitative estimate of drug-likeness (QED) is 0.586. The Bertz CT molecular complexity index is 542. The Hall–Kier alpha value is -2.15. The van der Waals surface area contributed by atoms with Crippen LogP contribution in [0.15, 0.2) is 18.2 Å². The Kier molecular flexibility index (Phi) is 3.42. The van der Waals surface area contributed by atoms with Crippen LogP contribution >= 0.6 is 0 Å². The fourth-order valence-corrected chi connectivity index (χ4v) is 2.23. The Balaban J connectivity index is 2.42. The van der Waals surface area contributed by atoms with E-state index in [0.29, 0.717) is 24.0 Å². The van der Waals surface area contributed by atoms with Gasteiger partial charge in [-0.25, -0.2) is 0 Å². The van der Waals surface area contributed by atoms with Gasteiger partial charge in [-0.05, 0) is 36.6 Å². The second kappa shape index (κ2) is 5.01. The lowest BCUT2D eigenvalue weighted by Crippen LogP contribution is -2.29. The number of Topliss-reactive ketones (excluding diaryl/α,β-unsaturated/α-hetero) is 1. The van der Waals surface area contributed by atoms with Crippen molar-refractivity contribution in [3.63, 3.8) is 0 Å². The van der Waals surface area contributed by atoms with Gasteiger partial charge in [0, 0.05) is 6.42 Å². The number of carbonyl (C=O) groups is 2. The lowest BCUT2D eigenvalue weighted by atomic mass is 9.81. The van der Waals surface area contributed by atoms with E-state index < -0.39 is 11.9 Å². The largest absolute Gasteiger partial charge is 0.465 e. The third kappa shape index (κ3) is 2.12. The molecule has 1 aromatic carbocycles. The van der Waals surface area contributed by atoms with Crippen molar-refractivity contribution in [3.8, 4) is 6.07 Å². The predicted molar refractivity (Wildman–Crippen MR) is 63.9 cm³/mol. The summed E-state index contributed by atoms with van der Waals surface area (Å²) in [5.74, 6) is -1.42. The Morgan fingerprint density at radius 1 is 1.50 bits per heavy atom. The first-order valence-electron chi connectivity index (χ1n) is 5.89. The monoisotopic (exact) mass is 243 g/mol. The summed E-state index contributed by atoms with van der Waals surface area (Å²) in [6, 6.07) is 7.12. The van der Waals surface area contributed by atoms with Gasteiger partial charge in [0.1, 0.15) is 5.92 Å². The number of benzene rings is 1. The Morgan fingerprint density at radius 2 is 2.28 bits per heavy atom. The molecule has 0 heterocycles. The number of hydrogen-bond acceptors (Lipinski definition) is 4. The fourth-order valence-electron chi connectivity index (χ4n) is 2.23. The highest BCUT2D eigenvalue weighted by atomic mass is 16.5. The third-order valence-electron chi connectivity index (χ3n) is 3.07. The number of hydrogen-bond donors (Lipinski definition) is 0. The number of nitrogens with zero attached hydrogens (tertiary/aromatic N) is 1. The average molecular weight is 243 g/mol. The Morgan fingerprint density at radius 3 is 2.94 bits per heavy atom. The van der Waals surface area contributed by atoms with Gasteiger partial charge in [-0.1, -0.05) is 6.07 Å². The Labute approximate surface area is 105 Å². The van der Waals surface area contributed by atoms with Crippen molar-refractivity contribution in [1.29, 1.82) is 5.26 Å². The molecule has 4 heteroatoms. The van der Waals surface area contributed by atoms with E-state index in [1.807, 2.05) is 0 Å². The van der Waals surface area contributed by atoms with Crippen LogP contribution in [0.2, 0.25) is 0 Å². The van der Waals surface area contributed by atoms with E-state index in [4.69, 9.17) is 10.00 Å². The summed E-state index contributed by atoms with van der Waals surface area (Å²) in [6.45, 7) is 1.97. The second-order valence-electron chi connectivity index (χ2n) is 4.18. The molecule has 92 valence electrons. The number of esters is 1. The number of carbonyl (C=O) groups excluding carboxylic acids is 2.